The van der Waals surface area contributed by atoms with Crippen molar-refractivity contribution in [1.29, 1.82) is 0 Å². The Kier molecular flexibility index (Phi) is 2.34. The summed E-state index contributed by atoms with van der Waals surface area (Å²) in [6.45, 7) is 0. The minimum atomic E-state index is 0.760. The van der Waals surface area contributed by atoms with Gasteiger partial charge in [0.2, 0.25) is 0 Å². The molecule has 0 radical (unpaired) electrons. The van der Waals surface area contributed by atoms with E-state index in [2.05, 4.69) is 5.32 Å². The first-order valence-electron chi connectivity index (χ1n) is 4.00. The highest BCUT2D eigenvalue weighted by molar-refractivity contribution is 7.80. The maximum absolute atomic E-state index is 5.88. The van der Waals surface area contributed by atoms with Crippen LogP contribution in [0.15, 0.2) is 30.5 Å². The second-order valence-corrected chi connectivity index (χ2v) is 3.85. The predicted molar refractivity (Wildman–Crippen MR) is 59.8 cm³/mol. The summed E-state index contributed by atoms with van der Waals surface area (Å²) < 4.78 is 0. The quantitative estimate of drug-likeness (QED) is 0.714. The molecule has 1 aliphatic heterocycles. The van der Waals surface area contributed by atoms with E-state index in [-0.39, 0.29) is 0 Å². The first-order chi connectivity index (χ1) is 6.25. The molecule has 0 amide bonds. The minimum Gasteiger partial charge on any atom is -0.356 e. The normalized spacial score (nSPS) is 15.5. The Balaban J connectivity index is 2.31. The zero-order valence-corrected chi connectivity index (χ0v) is 8.45. The molecule has 0 saturated carbocycles. The largest absolute Gasteiger partial charge is 0.356 e. The van der Waals surface area contributed by atoms with Crippen molar-refractivity contribution >= 4 is 34.4 Å². The van der Waals surface area contributed by atoms with E-state index in [1.165, 1.54) is 5.57 Å². The number of halogens is 1. The van der Waals surface area contributed by atoms with Gasteiger partial charge in [-0.2, -0.15) is 0 Å². The van der Waals surface area contributed by atoms with Crippen molar-refractivity contribution in [3.05, 3.63) is 41.1 Å². The van der Waals surface area contributed by atoms with Crippen molar-refractivity contribution in [3.63, 3.8) is 0 Å². The summed E-state index contributed by atoms with van der Waals surface area (Å²) in [6.07, 6.45) is 2.75. The van der Waals surface area contributed by atoms with Gasteiger partial charge in [-0.1, -0.05) is 36.0 Å². The van der Waals surface area contributed by atoms with Crippen LogP contribution in [0.25, 0.3) is 5.57 Å². The monoisotopic (exact) mass is 209 g/mol. The molecule has 0 aliphatic carbocycles. The van der Waals surface area contributed by atoms with Crippen LogP contribution in [0.2, 0.25) is 5.02 Å². The Morgan fingerprint density at radius 2 is 2.23 bits per heavy atom. The highest BCUT2D eigenvalue weighted by atomic mass is 35.5. The Hall–Kier alpha value is -0.860. The molecule has 0 spiro atoms. The molecule has 0 bridgehead atoms. The van der Waals surface area contributed by atoms with E-state index in [1.807, 2.05) is 30.5 Å². The molecule has 0 unspecified atom stereocenters. The lowest BCUT2D eigenvalue weighted by Crippen LogP contribution is -2.05. The van der Waals surface area contributed by atoms with Gasteiger partial charge in [0.05, 0.1) is 4.99 Å². The van der Waals surface area contributed by atoms with Crippen molar-refractivity contribution in [2.75, 3.05) is 0 Å². The molecule has 2 rings (SSSR count). The molecule has 0 atom stereocenters. The lowest BCUT2D eigenvalue weighted by atomic mass is 10.1. The Morgan fingerprint density at radius 1 is 1.38 bits per heavy atom. The topological polar surface area (TPSA) is 12.0 Å². The molecule has 1 aromatic carbocycles. The van der Waals surface area contributed by atoms with E-state index < -0.39 is 0 Å². The maximum Gasteiger partial charge on any atom is 0.0838 e. The molecular formula is C10H8ClNS. The highest BCUT2D eigenvalue weighted by Crippen LogP contribution is 2.23. The third-order valence-electron chi connectivity index (χ3n) is 1.95. The second-order valence-electron chi connectivity index (χ2n) is 2.92. The molecule has 1 nitrogen and oxygen atoms in total. The maximum atomic E-state index is 5.88. The molecule has 1 aromatic rings. The summed E-state index contributed by atoms with van der Waals surface area (Å²) in [5, 5.41) is 3.77. The standard InChI is InChI=1S/C10H8ClNS/c11-9-3-1-2-7(4-9)8-5-10(13)12-6-8/h1-4,6H,5H2,(H,12,13). The first kappa shape index (κ1) is 8.73. The summed E-state index contributed by atoms with van der Waals surface area (Å²) in [5.41, 5.74) is 2.34. The fraction of sp³-hybridized carbons (Fsp3) is 0.100. The van der Waals surface area contributed by atoms with Crippen LogP contribution >= 0.6 is 23.8 Å². The minimum absolute atomic E-state index is 0.760. The molecule has 3 heteroatoms. The third kappa shape index (κ3) is 1.90. The summed E-state index contributed by atoms with van der Waals surface area (Å²) in [7, 11) is 0. The summed E-state index contributed by atoms with van der Waals surface area (Å²) in [6, 6.07) is 7.79. The van der Waals surface area contributed by atoms with E-state index in [9.17, 15) is 0 Å². The van der Waals surface area contributed by atoms with E-state index in [0.29, 0.717) is 0 Å². The van der Waals surface area contributed by atoms with Crippen LogP contribution in [-0.4, -0.2) is 4.99 Å². The molecule has 0 aromatic heterocycles. The number of thiocarbonyl (C=S) groups is 1. The van der Waals surface area contributed by atoms with E-state index in [4.69, 9.17) is 23.8 Å². The van der Waals surface area contributed by atoms with Crippen LogP contribution in [0.4, 0.5) is 0 Å². The molecule has 13 heavy (non-hydrogen) atoms. The third-order valence-corrected chi connectivity index (χ3v) is 2.45. The van der Waals surface area contributed by atoms with Crippen molar-refractivity contribution in [1.82, 2.24) is 5.32 Å². The molecule has 0 fully saturated rings. The average Bonchev–Trinajstić information content (AvgIpc) is 2.52. The van der Waals surface area contributed by atoms with Crippen molar-refractivity contribution in [2.45, 2.75) is 6.42 Å². The van der Waals surface area contributed by atoms with Gasteiger partial charge in [-0.3, -0.25) is 0 Å². The van der Waals surface area contributed by atoms with Crippen LogP contribution in [0, 0.1) is 0 Å². The predicted octanol–water partition coefficient (Wildman–Crippen LogP) is 3.00. The molecule has 1 heterocycles. The Bertz CT molecular complexity index is 384. The Labute approximate surface area is 87.4 Å². The van der Waals surface area contributed by atoms with E-state index in [0.717, 1.165) is 22.0 Å². The fourth-order valence-electron chi connectivity index (χ4n) is 1.32. The van der Waals surface area contributed by atoms with E-state index in [1.54, 1.807) is 0 Å². The summed E-state index contributed by atoms with van der Waals surface area (Å²) in [5.74, 6) is 0. The lowest BCUT2D eigenvalue weighted by Gasteiger charge is -2.00. The van der Waals surface area contributed by atoms with Crippen LogP contribution in [-0.2, 0) is 0 Å². The number of nitrogens with one attached hydrogen (secondary N) is 1. The van der Waals surface area contributed by atoms with Crippen molar-refractivity contribution < 1.29 is 0 Å². The van der Waals surface area contributed by atoms with Gasteiger partial charge in [-0.15, -0.1) is 0 Å². The van der Waals surface area contributed by atoms with Crippen LogP contribution in [0.5, 0.6) is 0 Å². The van der Waals surface area contributed by atoms with Gasteiger partial charge < -0.3 is 5.32 Å². The number of hydrogen-bond donors (Lipinski definition) is 1. The van der Waals surface area contributed by atoms with Crippen LogP contribution < -0.4 is 5.32 Å². The van der Waals surface area contributed by atoms with Gasteiger partial charge in [0, 0.05) is 17.6 Å². The zero-order chi connectivity index (χ0) is 9.26. The summed E-state index contributed by atoms with van der Waals surface area (Å²) in [4.78, 5) is 0.870. The number of rotatable bonds is 1. The smallest absolute Gasteiger partial charge is 0.0838 e. The SMILES string of the molecule is S=C1CC(c2cccc(Cl)c2)=CN1. The van der Waals surface area contributed by atoms with Gasteiger partial charge in [0.1, 0.15) is 0 Å². The van der Waals surface area contributed by atoms with Gasteiger partial charge >= 0.3 is 0 Å². The number of benzene rings is 1. The molecule has 1 N–H and O–H groups in total. The van der Waals surface area contributed by atoms with E-state index >= 15 is 0 Å². The van der Waals surface area contributed by atoms with Gasteiger partial charge in [-0.25, -0.2) is 0 Å². The van der Waals surface area contributed by atoms with Gasteiger partial charge in [0.15, 0.2) is 0 Å². The van der Waals surface area contributed by atoms with Gasteiger partial charge in [-0.05, 0) is 23.3 Å². The zero-order valence-electron chi connectivity index (χ0n) is 6.88. The van der Waals surface area contributed by atoms with Crippen molar-refractivity contribution in [3.8, 4) is 0 Å². The average molecular weight is 210 g/mol. The second kappa shape index (κ2) is 3.48. The molecule has 66 valence electrons. The van der Waals surface area contributed by atoms with Crippen LogP contribution in [0.1, 0.15) is 12.0 Å². The molecule has 1 aliphatic rings. The lowest BCUT2D eigenvalue weighted by molar-refractivity contribution is 1.34. The summed E-state index contributed by atoms with van der Waals surface area (Å²) >= 11 is 10.9. The Morgan fingerprint density at radius 3 is 2.85 bits per heavy atom. The molecular weight excluding hydrogens is 202 g/mol. The number of hydrogen-bond acceptors (Lipinski definition) is 1. The molecule has 0 saturated heterocycles. The van der Waals surface area contributed by atoms with Crippen LogP contribution in [0.3, 0.4) is 0 Å². The highest BCUT2D eigenvalue weighted by Gasteiger charge is 2.10. The van der Waals surface area contributed by atoms with Crippen molar-refractivity contribution in [2.24, 2.45) is 0 Å². The fourth-order valence-corrected chi connectivity index (χ4v) is 1.72. The van der Waals surface area contributed by atoms with Gasteiger partial charge in [0.25, 0.3) is 0 Å². The first-order valence-corrected chi connectivity index (χ1v) is 4.79.